The third kappa shape index (κ3) is 0.466. The van der Waals surface area contributed by atoms with Crippen LogP contribution in [0.15, 0.2) is 6.33 Å². The molecule has 0 aliphatic heterocycles. The molecule has 0 radical (unpaired) electrons. The van der Waals surface area contributed by atoms with E-state index in [1.165, 1.54) is 6.33 Å². The van der Waals surface area contributed by atoms with E-state index in [-0.39, 0.29) is 5.95 Å². The second-order valence-corrected chi connectivity index (χ2v) is 1.10. The van der Waals surface area contributed by atoms with Crippen LogP contribution in [0, 0.1) is 0 Å². The fourth-order valence-corrected chi connectivity index (χ4v) is 0.251. The average Bonchev–Trinajstić information content (AvgIpc) is 1.91. The van der Waals surface area contributed by atoms with Gasteiger partial charge in [-0.3, -0.25) is 0 Å². The zero-order valence-electron chi connectivity index (χ0n) is 3.57. The summed E-state index contributed by atoms with van der Waals surface area (Å²) >= 11 is 0. The van der Waals surface area contributed by atoms with Crippen LogP contribution in [0.25, 0.3) is 0 Å². The topological polar surface area (TPSA) is 82.8 Å². The molecule has 0 spiro atoms. The smallest absolute Gasteiger partial charge is 0.240 e. The van der Waals surface area contributed by atoms with Gasteiger partial charge in [0, 0.05) is 0 Å². The van der Waals surface area contributed by atoms with E-state index in [0.717, 1.165) is 4.68 Å². The minimum atomic E-state index is 0.222. The highest BCUT2D eigenvalue weighted by Gasteiger charge is 1.87. The number of rotatable bonds is 0. The van der Waals surface area contributed by atoms with Gasteiger partial charge in [-0.25, -0.2) is 4.68 Å². The van der Waals surface area contributed by atoms with E-state index in [1.54, 1.807) is 0 Å². The number of anilines is 1. The molecule has 0 fully saturated rings. The van der Waals surface area contributed by atoms with E-state index >= 15 is 0 Å². The summed E-state index contributed by atoms with van der Waals surface area (Å²) in [6, 6.07) is 0. The molecule has 38 valence electrons. The van der Waals surface area contributed by atoms with E-state index in [4.69, 9.17) is 11.6 Å². The summed E-state index contributed by atoms with van der Waals surface area (Å²) in [4.78, 5) is 0. The maximum atomic E-state index is 5.11. The molecule has 7 heavy (non-hydrogen) atoms. The summed E-state index contributed by atoms with van der Waals surface area (Å²) in [6.07, 6.45) is 1.33. The molecule has 0 saturated heterocycles. The van der Waals surface area contributed by atoms with Crippen LogP contribution in [0.4, 0.5) is 5.95 Å². The molecule has 0 atom stereocenters. The Hall–Kier alpha value is -1.26. The van der Waals surface area contributed by atoms with Crippen molar-refractivity contribution in [2.24, 2.45) is 0 Å². The van der Waals surface area contributed by atoms with Gasteiger partial charge >= 0.3 is 0 Å². The zero-order valence-corrected chi connectivity index (χ0v) is 3.57. The van der Waals surface area contributed by atoms with Gasteiger partial charge in [-0.2, -0.15) is 0 Å². The van der Waals surface area contributed by atoms with E-state index in [0.29, 0.717) is 0 Å². The van der Waals surface area contributed by atoms with Gasteiger partial charge in [0.05, 0.1) is 0 Å². The normalized spacial score (nSPS) is 9.14. The first-order chi connectivity index (χ1) is 3.30. The van der Waals surface area contributed by atoms with Gasteiger partial charge in [-0.1, -0.05) is 0 Å². The molecule has 0 aromatic carbocycles. The summed E-state index contributed by atoms with van der Waals surface area (Å²) in [5.41, 5.74) is 5.10. The Balaban J connectivity index is 3.12. The van der Waals surface area contributed by atoms with Crippen molar-refractivity contribution in [3.63, 3.8) is 0 Å². The summed E-state index contributed by atoms with van der Waals surface area (Å²) < 4.78 is 1.14. The molecule has 1 aromatic heterocycles. The van der Waals surface area contributed by atoms with Crippen molar-refractivity contribution in [1.82, 2.24) is 14.9 Å². The highest BCUT2D eigenvalue weighted by molar-refractivity contribution is 5.12. The summed E-state index contributed by atoms with van der Waals surface area (Å²) in [5, 5.41) is 6.77. The lowest BCUT2D eigenvalue weighted by molar-refractivity contribution is 1.01. The molecule has 1 aromatic rings. The van der Waals surface area contributed by atoms with Crippen LogP contribution in [-0.4, -0.2) is 14.9 Å². The minimum Gasteiger partial charge on any atom is -0.366 e. The maximum absolute atomic E-state index is 5.11. The van der Waals surface area contributed by atoms with Gasteiger partial charge in [0.2, 0.25) is 5.95 Å². The van der Waals surface area contributed by atoms with Gasteiger partial charge in [-0.15, -0.1) is 10.2 Å². The summed E-state index contributed by atoms with van der Waals surface area (Å²) in [6.45, 7) is 0. The zero-order chi connectivity index (χ0) is 5.28. The first-order valence-corrected chi connectivity index (χ1v) is 1.71. The van der Waals surface area contributed by atoms with Crippen LogP contribution >= 0.6 is 0 Å². The Morgan fingerprint density at radius 2 is 2.43 bits per heavy atom. The highest BCUT2D eigenvalue weighted by Crippen LogP contribution is 1.83. The van der Waals surface area contributed by atoms with Crippen molar-refractivity contribution in [2.45, 2.75) is 0 Å². The molecule has 1 heterocycles. The number of nitrogens with zero attached hydrogens (tertiary/aromatic N) is 3. The van der Waals surface area contributed by atoms with Gasteiger partial charge in [-0.05, 0) is 0 Å². The highest BCUT2D eigenvalue weighted by atomic mass is 15.4. The maximum Gasteiger partial charge on any atom is 0.240 e. The molecule has 5 nitrogen and oxygen atoms in total. The number of hydrogen-bond donors (Lipinski definition) is 2. The van der Waals surface area contributed by atoms with Crippen molar-refractivity contribution in [3.8, 4) is 0 Å². The Labute approximate surface area is 39.9 Å². The second-order valence-electron chi connectivity index (χ2n) is 1.10. The summed E-state index contributed by atoms with van der Waals surface area (Å²) in [7, 11) is 0. The molecule has 0 amide bonds. The molecule has 0 saturated carbocycles. The monoisotopic (exact) mass is 99.1 g/mol. The number of nitrogen functional groups attached to an aromatic ring is 2. The van der Waals surface area contributed by atoms with Crippen molar-refractivity contribution in [2.75, 3.05) is 11.6 Å². The van der Waals surface area contributed by atoms with Crippen molar-refractivity contribution in [3.05, 3.63) is 6.33 Å². The molecule has 0 bridgehead atoms. The Kier molecular flexibility index (Phi) is 0.619. The van der Waals surface area contributed by atoms with Gasteiger partial charge in [0.25, 0.3) is 0 Å². The van der Waals surface area contributed by atoms with Crippen molar-refractivity contribution >= 4 is 5.95 Å². The Morgan fingerprint density at radius 3 is 2.57 bits per heavy atom. The van der Waals surface area contributed by atoms with Gasteiger partial charge in [0.1, 0.15) is 6.33 Å². The lowest BCUT2D eigenvalue weighted by Crippen LogP contribution is -2.09. The van der Waals surface area contributed by atoms with Crippen LogP contribution < -0.4 is 11.6 Å². The predicted molar refractivity (Wildman–Crippen MR) is 24.6 cm³/mol. The number of hydrogen-bond acceptors (Lipinski definition) is 4. The molecule has 0 unspecified atom stereocenters. The van der Waals surface area contributed by atoms with Gasteiger partial charge < -0.3 is 11.6 Å². The van der Waals surface area contributed by atoms with Crippen molar-refractivity contribution in [1.29, 1.82) is 0 Å². The fraction of sp³-hybridized carbons (Fsp3) is 0. The van der Waals surface area contributed by atoms with Crippen molar-refractivity contribution < 1.29 is 0 Å². The SMILES string of the molecule is Nc1nncn1N. The molecule has 4 N–H and O–H groups in total. The van der Waals surface area contributed by atoms with E-state index in [9.17, 15) is 0 Å². The van der Waals surface area contributed by atoms with Gasteiger partial charge in [0.15, 0.2) is 0 Å². The first kappa shape index (κ1) is 3.91. The molecular formula is C2H5N5. The quantitative estimate of drug-likeness (QED) is 0.391. The lowest BCUT2D eigenvalue weighted by Gasteiger charge is -1.85. The Bertz CT molecular complexity index is 138. The minimum absolute atomic E-state index is 0.222. The van der Waals surface area contributed by atoms with E-state index in [1.807, 2.05) is 0 Å². The molecule has 0 aliphatic rings. The average molecular weight is 99.1 g/mol. The number of nitrogens with two attached hydrogens (primary N) is 2. The van der Waals surface area contributed by atoms with E-state index in [2.05, 4.69) is 10.2 Å². The fourth-order valence-electron chi connectivity index (χ4n) is 0.251. The first-order valence-electron chi connectivity index (χ1n) is 1.71. The molecule has 0 aliphatic carbocycles. The summed E-state index contributed by atoms with van der Waals surface area (Å²) in [5.74, 6) is 5.33. The predicted octanol–water partition coefficient (Wildman–Crippen LogP) is -1.43. The Morgan fingerprint density at radius 1 is 1.71 bits per heavy atom. The molecule has 5 heteroatoms. The standard InChI is InChI=1S/C2H5N5/c3-2-6-5-1-7(2)4/h1H,4H2,(H2,3,6). The van der Waals surface area contributed by atoms with Crippen LogP contribution in [0.2, 0.25) is 0 Å². The van der Waals surface area contributed by atoms with Crippen LogP contribution in [0.5, 0.6) is 0 Å². The number of aromatic nitrogens is 3. The largest absolute Gasteiger partial charge is 0.366 e. The van der Waals surface area contributed by atoms with Crippen LogP contribution in [0.1, 0.15) is 0 Å². The van der Waals surface area contributed by atoms with E-state index < -0.39 is 0 Å². The second kappa shape index (κ2) is 1.11. The third-order valence-electron chi connectivity index (χ3n) is 0.601. The molecular weight excluding hydrogens is 94.1 g/mol. The molecule has 1 rings (SSSR count). The van der Waals surface area contributed by atoms with Crippen LogP contribution in [-0.2, 0) is 0 Å². The van der Waals surface area contributed by atoms with Crippen LogP contribution in [0.3, 0.4) is 0 Å². The third-order valence-corrected chi connectivity index (χ3v) is 0.601. The lowest BCUT2D eigenvalue weighted by atomic mass is 11.1.